The predicted molar refractivity (Wildman–Crippen MR) is 115 cm³/mol. The lowest BCUT2D eigenvalue weighted by Crippen LogP contribution is -2.47. The highest BCUT2D eigenvalue weighted by Crippen LogP contribution is 2.36. The van der Waals surface area contributed by atoms with Gasteiger partial charge in [0, 0.05) is 19.5 Å². The van der Waals surface area contributed by atoms with Crippen LogP contribution in [0.3, 0.4) is 0 Å². The first-order valence-corrected chi connectivity index (χ1v) is 10.7. The number of hydrogen-bond donors (Lipinski definition) is 0. The Balaban J connectivity index is 1.34. The van der Waals surface area contributed by atoms with Gasteiger partial charge in [-0.3, -0.25) is 19.3 Å². The van der Waals surface area contributed by atoms with Crippen LogP contribution in [0.5, 0.6) is 0 Å². The number of rotatable bonds is 5. The minimum atomic E-state index is -0.888. The van der Waals surface area contributed by atoms with Gasteiger partial charge in [0.05, 0.1) is 5.41 Å². The van der Waals surface area contributed by atoms with E-state index in [9.17, 15) is 14.4 Å². The van der Waals surface area contributed by atoms with E-state index < -0.39 is 5.41 Å². The third-order valence-electron chi connectivity index (χ3n) is 6.56. The van der Waals surface area contributed by atoms with E-state index in [0.29, 0.717) is 19.0 Å². The molecule has 0 aliphatic carbocycles. The molecule has 156 valence electrons. The van der Waals surface area contributed by atoms with E-state index in [-0.39, 0.29) is 30.7 Å². The molecule has 0 bridgehead atoms. The number of imide groups is 1. The first-order chi connectivity index (χ1) is 14.5. The summed E-state index contributed by atoms with van der Waals surface area (Å²) >= 11 is 0. The average molecular weight is 405 g/mol. The van der Waals surface area contributed by atoms with E-state index in [1.54, 1.807) is 11.8 Å². The van der Waals surface area contributed by atoms with Gasteiger partial charge in [0.15, 0.2) is 0 Å². The molecule has 2 fully saturated rings. The molecule has 3 amide bonds. The summed E-state index contributed by atoms with van der Waals surface area (Å²) < 4.78 is 0. The highest BCUT2D eigenvalue weighted by Gasteiger charge is 2.49. The van der Waals surface area contributed by atoms with Crippen LogP contribution < -0.4 is 0 Å². The lowest BCUT2D eigenvalue weighted by atomic mass is 9.81. The van der Waals surface area contributed by atoms with Crippen molar-refractivity contribution >= 4 is 17.7 Å². The molecule has 5 heteroatoms. The third kappa shape index (κ3) is 4.02. The number of benzene rings is 2. The van der Waals surface area contributed by atoms with Crippen LogP contribution in [0.1, 0.15) is 37.3 Å². The van der Waals surface area contributed by atoms with E-state index in [4.69, 9.17) is 0 Å². The zero-order valence-electron chi connectivity index (χ0n) is 17.4. The molecular formula is C25H28N2O3. The summed E-state index contributed by atoms with van der Waals surface area (Å²) in [5, 5.41) is 0. The summed E-state index contributed by atoms with van der Waals surface area (Å²) in [5.74, 6) is -0.107. The topological polar surface area (TPSA) is 57.7 Å². The Kier molecular flexibility index (Phi) is 5.71. The molecule has 2 aliphatic rings. The predicted octanol–water partition coefficient (Wildman–Crippen LogP) is 3.18. The zero-order chi connectivity index (χ0) is 21.1. The quantitative estimate of drug-likeness (QED) is 0.719. The van der Waals surface area contributed by atoms with Gasteiger partial charge in [-0.2, -0.15) is 0 Å². The molecule has 2 heterocycles. The fraction of sp³-hybridized carbons (Fsp3) is 0.400. The highest BCUT2D eigenvalue weighted by atomic mass is 16.2. The Bertz CT molecular complexity index is 920. The number of nitrogens with zero attached hydrogens (tertiary/aromatic N) is 2. The van der Waals surface area contributed by atoms with Gasteiger partial charge in [0.1, 0.15) is 6.54 Å². The van der Waals surface area contributed by atoms with Crippen molar-refractivity contribution in [1.29, 1.82) is 0 Å². The van der Waals surface area contributed by atoms with Gasteiger partial charge in [0.25, 0.3) is 0 Å². The summed E-state index contributed by atoms with van der Waals surface area (Å²) in [4.78, 5) is 41.4. The molecule has 2 aromatic rings. The fourth-order valence-corrected chi connectivity index (χ4v) is 4.65. The van der Waals surface area contributed by atoms with E-state index >= 15 is 0 Å². The molecule has 4 rings (SSSR count). The Labute approximate surface area is 177 Å². The SMILES string of the molecule is CC1(c2ccccc2)CC(=O)N(CC(=O)N2CCC(Cc3ccccc3)CC2)C1=O. The van der Waals surface area contributed by atoms with E-state index in [0.717, 1.165) is 29.7 Å². The molecule has 5 nitrogen and oxygen atoms in total. The number of amides is 3. The fourth-order valence-electron chi connectivity index (χ4n) is 4.65. The molecule has 2 saturated heterocycles. The van der Waals surface area contributed by atoms with Crippen molar-refractivity contribution in [2.45, 2.75) is 38.0 Å². The summed E-state index contributed by atoms with van der Waals surface area (Å²) in [6.45, 7) is 3.01. The van der Waals surface area contributed by atoms with Crippen molar-refractivity contribution in [3.05, 3.63) is 71.8 Å². The van der Waals surface area contributed by atoms with Gasteiger partial charge in [-0.1, -0.05) is 60.7 Å². The van der Waals surface area contributed by atoms with Crippen LogP contribution in [0.25, 0.3) is 0 Å². The minimum Gasteiger partial charge on any atom is -0.341 e. The van der Waals surface area contributed by atoms with Crippen molar-refractivity contribution in [3.63, 3.8) is 0 Å². The normalized spacial score (nSPS) is 22.6. The number of carbonyl (C=O) groups is 3. The molecule has 1 unspecified atom stereocenters. The van der Waals surface area contributed by atoms with E-state index in [2.05, 4.69) is 24.3 Å². The molecule has 30 heavy (non-hydrogen) atoms. The molecule has 0 N–H and O–H groups in total. The second kappa shape index (κ2) is 8.42. The number of piperidine rings is 1. The number of carbonyl (C=O) groups excluding carboxylic acids is 3. The molecule has 1 atom stereocenters. The number of hydrogen-bond acceptors (Lipinski definition) is 3. The van der Waals surface area contributed by atoms with Gasteiger partial charge < -0.3 is 4.90 Å². The molecular weight excluding hydrogens is 376 g/mol. The van der Waals surface area contributed by atoms with Gasteiger partial charge in [-0.15, -0.1) is 0 Å². The van der Waals surface area contributed by atoms with Crippen molar-refractivity contribution in [2.75, 3.05) is 19.6 Å². The van der Waals surface area contributed by atoms with Crippen LogP contribution in [0.15, 0.2) is 60.7 Å². The van der Waals surface area contributed by atoms with Gasteiger partial charge in [0.2, 0.25) is 17.7 Å². The van der Waals surface area contributed by atoms with Crippen LogP contribution in [-0.4, -0.2) is 47.2 Å². The van der Waals surface area contributed by atoms with Gasteiger partial charge in [-0.05, 0) is 43.2 Å². The molecule has 2 aromatic carbocycles. The smallest absolute Gasteiger partial charge is 0.242 e. The summed E-state index contributed by atoms with van der Waals surface area (Å²) in [5.41, 5.74) is 1.26. The summed E-state index contributed by atoms with van der Waals surface area (Å²) in [6, 6.07) is 19.8. The first-order valence-electron chi connectivity index (χ1n) is 10.7. The van der Waals surface area contributed by atoms with Gasteiger partial charge >= 0.3 is 0 Å². The van der Waals surface area contributed by atoms with Crippen LogP contribution in [-0.2, 0) is 26.2 Å². The van der Waals surface area contributed by atoms with Gasteiger partial charge in [-0.25, -0.2) is 0 Å². The van der Waals surface area contributed by atoms with Crippen LogP contribution in [0.2, 0.25) is 0 Å². The lowest BCUT2D eigenvalue weighted by Gasteiger charge is -2.33. The molecule has 0 saturated carbocycles. The maximum atomic E-state index is 13.0. The third-order valence-corrected chi connectivity index (χ3v) is 6.56. The second-order valence-corrected chi connectivity index (χ2v) is 8.67. The summed E-state index contributed by atoms with van der Waals surface area (Å²) in [7, 11) is 0. The van der Waals surface area contributed by atoms with E-state index in [1.165, 1.54) is 5.56 Å². The van der Waals surface area contributed by atoms with Crippen LogP contribution in [0, 0.1) is 5.92 Å². The minimum absolute atomic E-state index is 0.113. The van der Waals surface area contributed by atoms with E-state index in [1.807, 2.05) is 36.4 Å². The summed E-state index contributed by atoms with van der Waals surface area (Å²) in [6.07, 6.45) is 3.04. The second-order valence-electron chi connectivity index (χ2n) is 8.67. The van der Waals surface area contributed by atoms with Crippen molar-refractivity contribution in [3.8, 4) is 0 Å². The number of likely N-dealkylation sites (tertiary alicyclic amines) is 2. The maximum absolute atomic E-state index is 13.0. The van der Waals surface area contributed by atoms with Crippen LogP contribution >= 0.6 is 0 Å². The Morgan fingerprint density at radius 3 is 2.20 bits per heavy atom. The van der Waals surface area contributed by atoms with Crippen molar-refractivity contribution in [2.24, 2.45) is 5.92 Å². The largest absolute Gasteiger partial charge is 0.341 e. The molecule has 0 radical (unpaired) electrons. The Morgan fingerprint density at radius 2 is 1.57 bits per heavy atom. The molecule has 2 aliphatic heterocycles. The highest BCUT2D eigenvalue weighted by molar-refractivity contribution is 6.10. The lowest BCUT2D eigenvalue weighted by molar-refractivity contribution is -0.147. The Morgan fingerprint density at radius 1 is 0.967 bits per heavy atom. The standard InChI is InChI=1S/C25H28N2O3/c1-25(21-10-6-3-7-11-21)17-22(28)27(24(25)30)18-23(29)26-14-12-20(13-15-26)16-19-8-4-2-5-9-19/h2-11,20H,12-18H2,1H3. The van der Waals surface area contributed by atoms with Crippen molar-refractivity contribution in [1.82, 2.24) is 9.80 Å². The Hall–Kier alpha value is -2.95. The average Bonchev–Trinajstić information content (AvgIpc) is 2.99. The monoisotopic (exact) mass is 404 g/mol. The first kappa shape index (κ1) is 20.3. The van der Waals surface area contributed by atoms with Crippen molar-refractivity contribution < 1.29 is 14.4 Å². The maximum Gasteiger partial charge on any atom is 0.242 e. The van der Waals surface area contributed by atoms with Crippen LogP contribution in [0.4, 0.5) is 0 Å². The molecule has 0 aromatic heterocycles. The zero-order valence-corrected chi connectivity index (χ0v) is 17.4. The molecule has 0 spiro atoms.